The predicted octanol–water partition coefficient (Wildman–Crippen LogP) is 0.910. The molecule has 0 atom stereocenters. The lowest BCUT2D eigenvalue weighted by atomic mass is 9.95. The van der Waals surface area contributed by atoms with Crippen molar-refractivity contribution in [3.63, 3.8) is 0 Å². The third kappa shape index (κ3) is 3.18. The summed E-state index contributed by atoms with van der Waals surface area (Å²) in [5.74, 6) is 0. The first-order chi connectivity index (χ1) is 5.33. The lowest BCUT2D eigenvalue weighted by molar-refractivity contribution is -0.0911. The Morgan fingerprint density at radius 1 is 1.27 bits per heavy atom. The van der Waals surface area contributed by atoms with E-state index in [-0.39, 0.29) is 6.10 Å². The summed E-state index contributed by atoms with van der Waals surface area (Å²) in [5.41, 5.74) is 0. The molecule has 11 heavy (non-hydrogen) atoms. The summed E-state index contributed by atoms with van der Waals surface area (Å²) in [7, 11) is 1.62. The van der Waals surface area contributed by atoms with Crippen molar-refractivity contribution in [2.24, 2.45) is 0 Å². The van der Waals surface area contributed by atoms with Gasteiger partial charge >= 0.3 is 0 Å². The number of hydrogen-bond donors (Lipinski definition) is 1. The highest BCUT2D eigenvalue weighted by molar-refractivity contribution is 4.70. The Morgan fingerprint density at radius 3 is 2.45 bits per heavy atom. The molecule has 1 fully saturated rings. The van der Waals surface area contributed by atoms with Crippen LogP contribution in [0.5, 0.6) is 0 Å². The summed E-state index contributed by atoms with van der Waals surface area (Å²) in [4.78, 5) is 0. The fraction of sp³-hybridized carbons (Fsp3) is 1.00. The van der Waals surface area contributed by atoms with Gasteiger partial charge in [0.25, 0.3) is 0 Å². The minimum absolute atomic E-state index is 0.0996. The first-order valence-corrected chi connectivity index (χ1v) is 4.11. The summed E-state index contributed by atoms with van der Waals surface area (Å²) in [5, 5.41) is 9.17. The van der Waals surface area contributed by atoms with Gasteiger partial charge < -0.3 is 14.6 Å². The molecule has 0 aromatic carbocycles. The normalized spacial score (nSPS) is 32.2. The van der Waals surface area contributed by atoms with Crippen LogP contribution in [0.2, 0.25) is 0 Å². The lowest BCUT2D eigenvalue weighted by Gasteiger charge is -2.24. The van der Waals surface area contributed by atoms with E-state index in [1.54, 1.807) is 7.11 Å². The van der Waals surface area contributed by atoms with E-state index in [1.807, 2.05) is 0 Å². The summed E-state index contributed by atoms with van der Waals surface area (Å²) in [6, 6.07) is 0. The number of aliphatic hydroxyl groups excluding tert-OH is 1. The third-order valence-corrected chi connectivity index (χ3v) is 2.07. The summed E-state index contributed by atoms with van der Waals surface area (Å²) in [6.07, 6.45) is 3.87. The van der Waals surface area contributed by atoms with Gasteiger partial charge in [-0.25, -0.2) is 0 Å². The van der Waals surface area contributed by atoms with Crippen molar-refractivity contribution in [2.75, 3.05) is 13.9 Å². The molecule has 0 aliphatic heterocycles. The maximum atomic E-state index is 9.17. The topological polar surface area (TPSA) is 38.7 Å². The summed E-state index contributed by atoms with van der Waals surface area (Å²) >= 11 is 0. The Kier molecular flexibility index (Phi) is 3.83. The number of rotatable bonds is 3. The van der Waals surface area contributed by atoms with E-state index in [4.69, 9.17) is 14.6 Å². The molecule has 3 nitrogen and oxygen atoms in total. The maximum Gasteiger partial charge on any atom is 0.146 e. The predicted molar refractivity (Wildman–Crippen MR) is 41.2 cm³/mol. The molecular weight excluding hydrogens is 144 g/mol. The Balaban J connectivity index is 2.07. The number of methoxy groups -OCH3 is 1. The van der Waals surface area contributed by atoms with Gasteiger partial charge in [0, 0.05) is 7.11 Å². The smallest absolute Gasteiger partial charge is 0.146 e. The Hall–Kier alpha value is -0.120. The third-order valence-electron chi connectivity index (χ3n) is 2.07. The molecule has 1 N–H and O–H groups in total. The van der Waals surface area contributed by atoms with Crippen molar-refractivity contribution in [2.45, 2.75) is 37.9 Å². The average molecular weight is 160 g/mol. The molecule has 0 aromatic heterocycles. The molecule has 0 unspecified atom stereocenters. The van der Waals surface area contributed by atoms with Crippen LogP contribution in [0.1, 0.15) is 25.7 Å². The second-order valence-electron chi connectivity index (χ2n) is 3.00. The molecule has 1 saturated carbocycles. The van der Waals surface area contributed by atoms with E-state index < -0.39 is 0 Å². The molecule has 66 valence electrons. The Morgan fingerprint density at radius 2 is 1.91 bits per heavy atom. The van der Waals surface area contributed by atoms with Crippen molar-refractivity contribution in [3.05, 3.63) is 0 Å². The average Bonchev–Trinajstić information content (AvgIpc) is 2.04. The van der Waals surface area contributed by atoms with Crippen LogP contribution in [0.25, 0.3) is 0 Å². The molecule has 3 heteroatoms. The van der Waals surface area contributed by atoms with Crippen molar-refractivity contribution in [3.8, 4) is 0 Å². The number of ether oxygens (including phenoxy) is 2. The first kappa shape index (κ1) is 8.97. The molecule has 0 saturated heterocycles. The highest BCUT2D eigenvalue weighted by Gasteiger charge is 2.19. The van der Waals surface area contributed by atoms with Crippen LogP contribution in [0.3, 0.4) is 0 Å². The number of aliphatic hydroxyl groups is 1. The van der Waals surface area contributed by atoms with Gasteiger partial charge in [-0.2, -0.15) is 0 Å². The van der Waals surface area contributed by atoms with Gasteiger partial charge in [0.2, 0.25) is 0 Å². The summed E-state index contributed by atoms with van der Waals surface area (Å²) < 4.78 is 10.1. The van der Waals surface area contributed by atoms with E-state index in [2.05, 4.69) is 0 Å². The van der Waals surface area contributed by atoms with Gasteiger partial charge in [-0.1, -0.05) is 0 Å². The van der Waals surface area contributed by atoms with E-state index >= 15 is 0 Å². The van der Waals surface area contributed by atoms with Crippen LogP contribution in [0.4, 0.5) is 0 Å². The van der Waals surface area contributed by atoms with Gasteiger partial charge in [-0.15, -0.1) is 0 Å². The Bertz CT molecular complexity index is 94.8. The second-order valence-corrected chi connectivity index (χ2v) is 3.00. The van der Waals surface area contributed by atoms with E-state index in [0.29, 0.717) is 12.9 Å². The SMILES string of the molecule is COCOC1CCC(O)CC1. The molecule has 0 radical (unpaired) electrons. The fourth-order valence-corrected chi connectivity index (χ4v) is 1.38. The molecule has 0 bridgehead atoms. The molecule has 0 spiro atoms. The molecule has 1 aliphatic carbocycles. The van der Waals surface area contributed by atoms with Crippen LogP contribution in [0, 0.1) is 0 Å². The molecule has 0 amide bonds. The van der Waals surface area contributed by atoms with Gasteiger partial charge in [-0.05, 0) is 25.7 Å². The maximum absolute atomic E-state index is 9.17. The lowest BCUT2D eigenvalue weighted by Crippen LogP contribution is -2.24. The van der Waals surface area contributed by atoms with E-state index in [1.165, 1.54) is 0 Å². The Labute approximate surface area is 67.3 Å². The van der Waals surface area contributed by atoms with E-state index in [9.17, 15) is 0 Å². The molecule has 0 aromatic rings. The highest BCUT2D eigenvalue weighted by Crippen LogP contribution is 2.20. The van der Waals surface area contributed by atoms with Crippen molar-refractivity contribution in [1.82, 2.24) is 0 Å². The minimum Gasteiger partial charge on any atom is -0.393 e. The van der Waals surface area contributed by atoms with Crippen LogP contribution in [-0.4, -0.2) is 31.2 Å². The second kappa shape index (κ2) is 4.70. The van der Waals surface area contributed by atoms with Gasteiger partial charge in [0.1, 0.15) is 6.79 Å². The van der Waals surface area contributed by atoms with Gasteiger partial charge in [0.15, 0.2) is 0 Å². The first-order valence-electron chi connectivity index (χ1n) is 4.11. The van der Waals surface area contributed by atoms with E-state index in [0.717, 1.165) is 25.7 Å². The molecule has 1 aliphatic rings. The van der Waals surface area contributed by atoms with Gasteiger partial charge in [0.05, 0.1) is 12.2 Å². The van der Waals surface area contributed by atoms with Crippen LogP contribution < -0.4 is 0 Å². The molecule has 1 rings (SSSR count). The highest BCUT2D eigenvalue weighted by atomic mass is 16.7. The fourth-order valence-electron chi connectivity index (χ4n) is 1.38. The summed E-state index contributed by atoms with van der Waals surface area (Å²) in [6.45, 7) is 0.376. The largest absolute Gasteiger partial charge is 0.393 e. The zero-order chi connectivity index (χ0) is 8.10. The zero-order valence-corrected chi connectivity index (χ0v) is 6.95. The van der Waals surface area contributed by atoms with Crippen LogP contribution in [0.15, 0.2) is 0 Å². The number of hydrogen-bond acceptors (Lipinski definition) is 3. The van der Waals surface area contributed by atoms with Gasteiger partial charge in [-0.3, -0.25) is 0 Å². The van der Waals surface area contributed by atoms with Crippen molar-refractivity contribution in [1.29, 1.82) is 0 Å². The van der Waals surface area contributed by atoms with Crippen LogP contribution in [-0.2, 0) is 9.47 Å². The zero-order valence-electron chi connectivity index (χ0n) is 6.95. The van der Waals surface area contributed by atoms with Crippen molar-refractivity contribution < 1.29 is 14.6 Å². The van der Waals surface area contributed by atoms with Crippen molar-refractivity contribution >= 4 is 0 Å². The minimum atomic E-state index is -0.0996. The molecular formula is C8H16O3. The standard InChI is InChI=1S/C8H16O3/c1-10-6-11-8-4-2-7(9)3-5-8/h7-9H,2-6H2,1H3. The monoisotopic (exact) mass is 160 g/mol. The quantitative estimate of drug-likeness (QED) is 0.624. The van der Waals surface area contributed by atoms with Crippen LogP contribution >= 0.6 is 0 Å². The molecule has 0 heterocycles.